The molecule has 1 fully saturated rings. The molecule has 1 aromatic rings. The number of aromatic nitrogens is 1. The van der Waals surface area contributed by atoms with E-state index in [0.29, 0.717) is 18.1 Å². The normalized spacial score (nSPS) is 21.1. The van der Waals surface area contributed by atoms with E-state index in [1.54, 1.807) is 6.20 Å². The predicted octanol–water partition coefficient (Wildman–Crippen LogP) is 1.89. The van der Waals surface area contributed by atoms with Crippen molar-refractivity contribution in [2.45, 2.75) is 38.5 Å². The van der Waals surface area contributed by atoms with Crippen LogP contribution >= 0.6 is 0 Å². The van der Waals surface area contributed by atoms with Gasteiger partial charge in [0, 0.05) is 18.9 Å². The summed E-state index contributed by atoms with van der Waals surface area (Å²) in [5.74, 6) is 1.01. The van der Waals surface area contributed by atoms with Crippen molar-refractivity contribution >= 4 is 5.97 Å². The van der Waals surface area contributed by atoms with Crippen molar-refractivity contribution in [3.63, 3.8) is 0 Å². The van der Waals surface area contributed by atoms with Gasteiger partial charge in [0.25, 0.3) is 0 Å². The van der Waals surface area contributed by atoms with E-state index in [1.807, 2.05) is 0 Å². The molecule has 0 saturated carbocycles. The van der Waals surface area contributed by atoms with E-state index in [9.17, 15) is 4.79 Å². The summed E-state index contributed by atoms with van der Waals surface area (Å²) >= 11 is 0. The largest absolute Gasteiger partial charge is 0.481 e. The van der Waals surface area contributed by atoms with Crippen molar-refractivity contribution in [2.75, 3.05) is 19.6 Å². The van der Waals surface area contributed by atoms with Crippen molar-refractivity contribution in [3.8, 4) is 0 Å². The molecule has 0 spiro atoms. The molecule has 1 N–H and O–H groups in total. The van der Waals surface area contributed by atoms with E-state index in [1.165, 1.54) is 6.42 Å². The van der Waals surface area contributed by atoms with Crippen molar-refractivity contribution in [1.82, 2.24) is 9.88 Å². The van der Waals surface area contributed by atoms with Crippen LogP contribution in [0, 0.1) is 0 Å². The molecule has 5 heteroatoms. The Kier molecular flexibility index (Phi) is 4.36. The predicted molar refractivity (Wildman–Crippen MR) is 66.5 cm³/mol. The molecule has 0 amide bonds. The van der Waals surface area contributed by atoms with Crippen molar-refractivity contribution in [2.24, 2.45) is 0 Å². The zero-order valence-electron chi connectivity index (χ0n) is 10.8. The van der Waals surface area contributed by atoms with Gasteiger partial charge in [-0.2, -0.15) is 0 Å². The fourth-order valence-corrected chi connectivity index (χ4v) is 2.40. The van der Waals surface area contributed by atoms with Gasteiger partial charge in [-0.25, -0.2) is 4.98 Å². The highest BCUT2D eigenvalue weighted by Gasteiger charge is 2.24. The third-order valence-corrected chi connectivity index (χ3v) is 3.46. The van der Waals surface area contributed by atoms with Gasteiger partial charge in [-0.1, -0.05) is 6.92 Å². The lowest BCUT2D eigenvalue weighted by atomic mass is 9.98. The molecule has 2 heterocycles. The van der Waals surface area contributed by atoms with Gasteiger partial charge in [-0.3, -0.25) is 4.79 Å². The maximum Gasteiger partial charge on any atom is 0.303 e. The zero-order chi connectivity index (χ0) is 13.0. The number of aliphatic carboxylic acids is 1. The van der Waals surface area contributed by atoms with E-state index in [2.05, 4.69) is 16.8 Å². The van der Waals surface area contributed by atoms with Crippen LogP contribution < -0.4 is 0 Å². The van der Waals surface area contributed by atoms with Crippen LogP contribution in [0.3, 0.4) is 0 Å². The summed E-state index contributed by atoms with van der Waals surface area (Å²) < 4.78 is 5.67. The first-order chi connectivity index (χ1) is 8.69. The molecule has 0 aliphatic carbocycles. The first-order valence-electron chi connectivity index (χ1n) is 6.57. The quantitative estimate of drug-likeness (QED) is 0.866. The Morgan fingerprint density at radius 3 is 3.22 bits per heavy atom. The van der Waals surface area contributed by atoms with Crippen LogP contribution in [0.1, 0.15) is 43.8 Å². The number of nitrogens with zero attached hydrogens (tertiary/aromatic N) is 2. The molecule has 1 aromatic heterocycles. The second kappa shape index (κ2) is 6.00. The number of likely N-dealkylation sites (N-methyl/N-ethyl adjacent to an activating group) is 1. The number of oxazole rings is 1. The molecule has 100 valence electrons. The number of piperidine rings is 1. The number of hydrogen-bond donors (Lipinski definition) is 1. The van der Waals surface area contributed by atoms with Gasteiger partial charge < -0.3 is 14.4 Å². The average molecular weight is 252 g/mol. The maximum atomic E-state index is 10.5. The standard InChI is InChI=1S/C13H20N2O3/c1-2-15-7-3-4-10(9-15)13-14-8-11(18-13)5-6-12(16)17/h8,10H,2-7,9H2,1H3,(H,16,17). The summed E-state index contributed by atoms with van der Waals surface area (Å²) in [6.45, 7) is 5.37. The molecule has 1 unspecified atom stereocenters. The fraction of sp³-hybridized carbons (Fsp3) is 0.692. The molecule has 0 aromatic carbocycles. The zero-order valence-corrected chi connectivity index (χ0v) is 10.8. The molecule has 1 saturated heterocycles. The Balaban J connectivity index is 1.94. The fourth-order valence-electron chi connectivity index (χ4n) is 2.40. The molecule has 0 radical (unpaired) electrons. The summed E-state index contributed by atoms with van der Waals surface area (Å²) in [5, 5.41) is 8.63. The number of carboxylic acid groups (broad SMARTS) is 1. The maximum absolute atomic E-state index is 10.5. The topological polar surface area (TPSA) is 66.6 Å². The highest BCUT2D eigenvalue weighted by molar-refractivity contribution is 5.66. The smallest absolute Gasteiger partial charge is 0.303 e. The Hall–Kier alpha value is -1.36. The summed E-state index contributed by atoms with van der Waals surface area (Å²) in [4.78, 5) is 17.2. The molecule has 1 aliphatic heterocycles. The number of hydrogen-bond acceptors (Lipinski definition) is 4. The van der Waals surface area contributed by atoms with Crippen molar-refractivity contribution < 1.29 is 14.3 Å². The van der Waals surface area contributed by atoms with Crippen LogP contribution in [0.4, 0.5) is 0 Å². The van der Waals surface area contributed by atoms with Crippen LogP contribution in [0.2, 0.25) is 0 Å². The lowest BCUT2D eigenvalue weighted by molar-refractivity contribution is -0.137. The first kappa shape index (κ1) is 13.1. The lowest BCUT2D eigenvalue weighted by Gasteiger charge is -2.29. The monoisotopic (exact) mass is 252 g/mol. The lowest BCUT2D eigenvalue weighted by Crippen LogP contribution is -2.34. The van der Waals surface area contributed by atoms with Crippen LogP contribution in [-0.4, -0.2) is 40.6 Å². The number of carboxylic acids is 1. The van der Waals surface area contributed by atoms with Crippen LogP contribution in [0.15, 0.2) is 10.6 Å². The minimum Gasteiger partial charge on any atom is -0.481 e. The van der Waals surface area contributed by atoms with Gasteiger partial charge in [0.05, 0.1) is 12.6 Å². The SMILES string of the molecule is CCN1CCCC(c2ncc(CCC(=O)O)o2)C1. The van der Waals surface area contributed by atoms with Gasteiger partial charge in [-0.05, 0) is 25.9 Å². The molecule has 1 atom stereocenters. The summed E-state index contributed by atoms with van der Waals surface area (Å²) in [7, 11) is 0. The molecular formula is C13H20N2O3. The Morgan fingerprint density at radius 1 is 1.67 bits per heavy atom. The number of carbonyl (C=O) groups is 1. The molecule has 1 aliphatic rings. The van der Waals surface area contributed by atoms with E-state index in [4.69, 9.17) is 9.52 Å². The molecule has 5 nitrogen and oxygen atoms in total. The molecule has 2 rings (SSSR count). The van der Waals surface area contributed by atoms with Gasteiger partial charge in [0.1, 0.15) is 5.76 Å². The second-order valence-electron chi connectivity index (χ2n) is 4.79. The molecular weight excluding hydrogens is 232 g/mol. The number of rotatable bonds is 5. The highest BCUT2D eigenvalue weighted by Crippen LogP contribution is 2.26. The minimum absolute atomic E-state index is 0.0976. The van der Waals surface area contributed by atoms with Crippen molar-refractivity contribution in [1.29, 1.82) is 0 Å². The molecule has 0 bridgehead atoms. The third kappa shape index (κ3) is 3.32. The summed E-state index contributed by atoms with van der Waals surface area (Å²) in [6, 6.07) is 0. The Bertz CT molecular complexity index is 403. The number of likely N-dealkylation sites (tertiary alicyclic amines) is 1. The van der Waals surface area contributed by atoms with Crippen LogP contribution in [0.25, 0.3) is 0 Å². The van der Waals surface area contributed by atoms with Crippen molar-refractivity contribution in [3.05, 3.63) is 17.8 Å². The van der Waals surface area contributed by atoms with Crippen LogP contribution in [0.5, 0.6) is 0 Å². The van der Waals surface area contributed by atoms with Gasteiger partial charge in [0.2, 0.25) is 0 Å². The van der Waals surface area contributed by atoms with Gasteiger partial charge in [-0.15, -0.1) is 0 Å². The van der Waals surface area contributed by atoms with E-state index in [-0.39, 0.29) is 6.42 Å². The van der Waals surface area contributed by atoms with Gasteiger partial charge >= 0.3 is 5.97 Å². The Labute approximate surface area is 107 Å². The van der Waals surface area contributed by atoms with Gasteiger partial charge in [0.15, 0.2) is 5.89 Å². The van der Waals surface area contributed by atoms with E-state index in [0.717, 1.165) is 31.9 Å². The summed E-state index contributed by atoms with van der Waals surface area (Å²) in [5.41, 5.74) is 0. The van der Waals surface area contributed by atoms with Crippen LogP contribution in [-0.2, 0) is 11.2 Å². The second-order valence-corrected chi connectivity index (χ2v) is 4.79. The van der Waals surface area contributed by atoms with E-state index < -0.39 is 5.97 Å². The third-order valence-electron chi connectivity index (χ3n) is 3.46. The molecule has 18 heavy (non-hydrogen) atoms. The first-order valence-corrected chi connectivity index (χ1v) is 6.57. The number of aryl methyl sites for hydroxylation is 1. The highest BCUT2D eigenvalue weighted by atomic mass is 16.4. The van der Waals surface area contributed by atoms with E-state index >= 15 is 0 Å². The summed E-state index contributed by atoms with van der Waals surface area (Å²) in [6.07, 6.45) is 4.47. The average Bonchev–Trinajstić information content (AvgIpc) is 2.85. The minimum atomic E-state index is -0.803. The Morgan fingerprint density at radius 2 is 2.50 bits per heavy atom.